The third-order valence-corrected chi connectivity index (χ3v) is 5.66. The first kappa shape index (κ1) is 22.4. The molecule has 0 aromatic heterocycles. The molecule has 2 aromatic carbocycles. The van der Waals surface area contributed by atoms with Crippen molar-refractivity contribution < 1.29 is 19.1 Å². The number of urea groups is 1. The van der Waals surface area contributed by atoms with Gasteiger partial charge in [-0.3, -0.25) is 10.1 Å². The predicted octanol–water partition coefficient (Wildman–Crippen LogP) is 2.58. The monoisotopic (exact) mass is 449 g/mol. The molecule has 9 heteroatoms. The molecule has 9 nitrogen and oxygen atoms in total. The normalized spacial score (nSPS) is 15.8. The van der Waals surface area contributed by atoms with Crippen molar-refractivity contribution in [2.45, 2.75) is 12.8 Å². The lowest BCUT2D eigenvalue weighted by atomic mass is 10.2. The van der Waals surface area contributed by atoms with Crippen LogP contribution in [0.1, 0.15) is 18.4 Å². The second kappa shape index (κ2) is 10.7. The zero-order valence-electron chi connectivity index (χ0n) is 18.4. The summed E-state index contributed by atoms with van der Waals surface area (Å²) in [6.07, 6.45) is 1.22. The van der Waals surface area contributed by atoms with E-state index in [0.29, 0.717) is 42.5 Å². The number of nitrogens with one attached hydrogen (secondary N) is 2. The zero-order valence-corrected chi connectivity index (χ0v) is 18.4. The molecule has 0 radical (unpaired) electrons. The molecule has 2 heterocycles. The molecule has 0 spiro atoms. The fourth-order valence-corrected chi connectivity index (χ4v) is 3.93. The number of ether oxygens (including phenoxy) is 2. The van der Waals surface area contributed by atoms with Crippen LogP contribution in [0.3, 0.4) is 0 Å². The van der Waals surface area contributed by atoms with Gasteiger partial charge in [0.2, 0.25) is 5.91 Å². The highest BCUT2D eigenvalue weighted by Gasteiger charge is 2.17. The first-order valence-corrected chi connectivity index (χ1v) is 11.1. The highest BCUT2D eigenvalue weighted by Crippen LogP contribution is 2.32. The van der Waals surface area contributed by atoms with Crippen molar-refractivity contribution in [3.8, 4) is 17.6 Å². The van der Waals surface area contributed by atoms with Gasteiger partial charge in [0.25, 0.3) is 0 Å². The van der Waals surface area contributed by atoms with Crippen LogP contribution in [0.4, 0.5) is 16.2 Å². The molecule has 0 atom stereocenters. The number of carbonyl (C=O) groups is 2. The number of hydrogen-bond donors (Lipinski definition) is 2. The topological polar surface area (TPSA) is 107 Å². The second-order valence-electron chi connectivity index (χ2n) is 7.95. The first-order valence-electron chi connectivity index (χ1n) is 11.1. The Kier molecular flexibility index (Phi) is 7.27. The van der Waals surface area contributed by atoms with Crippen LogP contribution in [-0.2, 0) is 4.79 Å². The van der Waals surface area contributed by atoms with Crippen LogP contribution in [0.2, 0.25) is 0 Å². The predicted molar refractivity (Wildman–Crippen MR) is 124 cm³/mol. The molecule has 172 valence electrons. The van der Waals surface area contributed by atoms with Gasteiger partial charge in [0, 0.05) is 50.0 Å². The SMILES string of the molecule is N#Cc1ccc(N2CCCN(CCC(=O)NC(=O)Nc3ccc4c(c3)OCCO4)CC2)cc1. The van der Waals surface area contributed by atoms with Gasteiger partial charge < -0.3 is 24.6 Å². The fourth-order valence-electron chi connectivity index (χ4n) is 3.93. The van der Waals surface area contributed by atoms with Gasteiger partial charge in [-0.2, -0.15) is 5.26 Å². The van der Waals surface area contributed by atoms with Gasteiger partial charge in [-0.1, -0.05) is 0 Å². The van der Waals surface area contributed by atoms with Crippen LogP contribution in [0, 0.1) is 11.3 Å². The van der Waals surface area contributed by atoms with Crippen molar-refractivity contribution >= 4 is 23.3 Å². The van der Waals surface area contributed by atoms with Crippen molar-refractivity contribution in [1.82, 2.24) is 10.2 Å². The highest BCUT2D eigenvalue weighted by atomic mass is 16.6. The van der Waals surface area contributed by atoms with Crippen molar-refractivity contribution in [3.05, 3.63) is 48.0 Å². The molecular weight excluding hydrogens is 422 g/mol. The molecule has 1 saturated heterocycles. The number of anilines is 2. The largest absolute Gasteiger partial charge is 0.486 e. The standard InChI is InChI=1S/C24H27N5O4/c25-17-18-2-5-20(6-3-18)29-10-1-9-28(12-13-29)11-8-23(30)27-24(31)26-19-4-7-21-22(16-19)33-15-14-32-21/h2-7,16H,1,8-15H2,(H2,26,27,30,31). The van der Waals surface area contributed by atoms with E-state index in [-0.39, 0.29) is 12.3 Å². The Labute approximate surface area is 192 Å². The fraction of sp³-hybridized carbons (Fsp3) is 0.375. The van der Waals surface area contributed by atoms with Gasteiger partial charge in [-0.15, -0.1) is 0 Å². The van der Waals surface area contributed by atoms with Crippen LogP contribution in [0.5, 0.6) is 11.5 Å². The average molecular weight is 450 g/mol. The lowest BCUT2D eigenvalue weighted by Gasteiger charge is -2.23. The number of amides is 3. The van der Waals surface area contributed by atoms with Crippen molar-refractivity contribution in [2.75, 3.05) is 56.2 Å². The Morgan fingerprint density at radius 3 is 2.55 bits per heavy atom. The summed E-state index contributed by atoms with van der Waals surface area (Å²) in [4.78, 5) is 29.0. The molecule has 0 saturated carbocycles. The van der Waals surface area contributed by atoms with Gasteiger partial charge in [-0.25, -0.2) is 4.79 Å². The number of fused-ring (bicyclic) bond motifs is 1. The number of carbonyl (C=O) groups excluding carboxylic acids is 2. The Hall–Kier alpha value is -3.77. The maximum atomic E-state index is 12.3. The van der Waals surface area contributed by atoms with E-state index in [9.17, 15) is 9.59 Å². The van der Waals surface area contributed by atoms with Crippen molar-refractivity contribution in [1.29, 1.82) is 5.26 Å². The summed E-state index contributed by atoms with van der Waals surface area (Å²) in [5.41, 5.74) is 2.28. The number of imide groups is 1. The molecule has 2 aliphatic heterocycles. The van der Waals surface area contributed by atoms with E-state index in [1.807, 2.05) is 24.3 Å². The van der Waals surface area contributed by atoms with Crippen molar-refractivity contribution in [2.24, 2.45) is 0 Å². The van der Waals surface area contributed by atoms with Gasteiger partial charge in [-0.05, 0) is 49.4 Å². The number of hydrogen-bond acceptors (Lipinski definition) is 7. The summed E-state index contributed by atoms with van der Waals surface area (Å²) in [6.45, 7) is 5.04. The Morgan fingerprint density at radius 2 is 1.76 bits per heavy atom. The van der Waals surface area contributed by atoms with E-state index >= 15 is 0 Å². The van der Waals surface area contributed by atoms with Crippen LogP contribution >= 0.6 is 0 Å². The summed E-state index contributed by atoms with van der Waals surface area (Å²) in [5, 5.41) is 14.0. The van der Waals surface area contributed by atoms with E-state index in [1.165, 1.54) is 0 Å². The summed E-state index contributed by atoms with van der Waals surface area (Å²) in [7, 11) is 0. The molecule has 3 amide bonds. The molecule has 2 aromatic rings. The quantitative estimate of drug-likeness (QED) is 0.722. The van der Waals surface area contributed by atoms with Crippen LogP contribution in [-0.4, -0.2) is 62.8 Å². The molecular formula is C24H27N5O4. The third kappa shape index (κ3) is 6.14. The third-order valence-electron chi connectivity index (χ3n) is 5.66. The molecule has 0 unspecified atom stereocenters. The maximum absolute atomic E-state index is 12.3. The Bertz CT molecular complexity index is 1030. The second-order valence-corrected chi connectivity index (χ2v) is 7.95. The van der Waals surface area contributed by atoms with Crippen LogP contribution < -0.4 is 25.0 Å². The maximum Gasteiger partial charge on any atom is 0.325 e. The Balaban J connectivity index is 1.20. The lowest BCUT2D eigenvalue weighted by Crippen LogP contribution is -2.37. The van der Waals surface area contributed by atoms with Gasteiger partial charge in [0.1, 0.15) is 13.2 Å². The minimum atomic E-state index is -0.570. The molecule has 4 rings (SSSR count). The number of nitrogens with zero attached hydrogens (tertiary/aromatic N) is 3. The average Bonchev–Trinajstić information content (AvgIpc) is 3.08. The van der Waals surface area contributed by atoms with E-state index in [2.05, 4.69) is 26.5 Å². The number of nitriles is 1. The molecule has 33 heavy (non-hydrogen) atoms. The molecule has 2 N–H and O–H groups in total. The van der Waals surface area contributed by atoms with Crippen LogP contribution in [0.25, 0.3) is 0 Å². The van der Waals surface area contributed by atoms with E-state index < -0.39 is 6.03 Å². The number of benzene rings is 2. The number of rotatable bonds is 5. The molecule has 2 aliphatic rings. The zero-order chi connectivity index (χ0) is 23.0. The molecule has 0 bridgehead atoms. The minimum absolute atomic E-state index is 0.241. The Morgan fingerprint density at radius 1 is 0.970 bits per heavy atom. The smallest absolute Gasteiger partial charge is 0.325 e. The van der Waals surface area contributed by atoms with E-state index in [0.717, 1.165) is 38.3 Å². The molecule has 0 aliphatic carbocycles. The lowest BCUT2D eigenvalue weighted by molar-refractivity contribution is -0.120. The van der Waals surface area contributed by atoms with Gasteiger partial charge in [0.05, 0.1) is 11.6 Å². The van der Waals surface area contributed by atoms with Crippen molar-refractivity contribution in [3.63, 3.8) is 0 Å². The van der Waals surface area contributed by atoms with E-state index in [1.54, 1.807) is 18.2 Å². The highest BCUT2D eigenvalue weighted by molar-refractivity contribution is 6.01. The summed E-state index contributed by atoms with van der Waals surface area (Å²) < 4.78 is 11.0. The summed E-state index contributed by atoms with van der Waals surface area (Å²) in [5.74, 6) is 0.887. The van der Waals surface area contributed by atoms with Gasteiger partial charge >= 0.3 is 6.03 Å². The molecule has 1 fully saturated rings. The van der Waals surface area contributed by atoms with Crippen LogP contribution in [0.15, 0.2) is 42.5 Å². The minimum Gasteiger partial charge on any atom is -0.486 e. The van der Waals surface area contributed by atoms with E-state index in [4.69, 9.17) is 14.7 Å². The van der Waals surface area contributed by atoms with Gasteiger partial charge in [0.15, 0.2) is 11.5 Å². The summed E-state index contributed by atoms with van der Waals surface area (Å²) >= 11 is 0. The summed E-state index contributed by atoms with van der Waals surface area (Å²) in [6, 6.07) is 14.3. The first-order chi connectivity index (χ1) is 16.1.